The molecule has 0 aliphatic carbocycles. The van der Waals surface area contributed by atoms with Gasteiger partial charge in [-0.05, 0) is 38.1 Å². The molecule has 0 saturated carbocycles. The second-order valence-corrected chi connectivity index (χ2v) is 5.66. The van der Waals surface area contributed by atoms with Crippen molar-refractivity contribution >= 4 is 11.8 Å². The van der Waals surface area contributed by atoms with Gasteiger partial charge in [0.2, 0.25) is 0 Å². The highest BCUT2D eigenvalue weighted by molar-refractivity contribution is 8.00. The third kappa shape index (κ3) is 2.76. The topological polar surface area (TPSA) is 3.24 Å². The van der Waals surface area contributed by atoms with Gasteiger partial charge in [0.05, 0.1) is 0 Å². The van der Waals surface area contributed by atoms with Gasteiger partial charge in [0.25, 0.3) is 0 Å². The van der Waals surface area contributed by atoms with E-state index in [1.807, 2.05) is 11.8 Å². The number of hydrogen-bond donors (Lipinski definition) is 0. The minimum Gasteiger partial charge on any atom is -0.305 e. The van der Waals surface area contributed by atoms with E-state index in [1.54, 1.807) is 0 Å². The van der Waals surface area contributed by atoms with Crippen LogP contribution in [0.25, 0.3) is 0 Å². The van der Waals surface area contributed by atoms with Crippen LogP contribution in [0, 0.1) is 0 Å². The molecule has 0 aromatic heterocycles. The molecule has 1 nitrogen and oxygen atoms in total. The largest absolute Gasteiger partial charge is 0.305 e. The van der Waals surface area contributed by atoms with Crippen molar-refractivity contribution < 1.29 is 0 Å². The maximum atomic E-state index is 2.45. The van der Waals surface area contributed by atoms with Crippen LogP contribution in [0.3, 0.4) is 0 Å². The Morgan fingerprint density at radius 1 is 1.40 bits per heavy atom. The molecule has 1 aromatic carbocycles. The minimum absolute atomic E-state index is 0.763. The van der Waals surface area contributed by atoms with Crippen LogP contribution in [-0.4, -0.2) is 30.3 Å². The van der Waals surface area contributed by atoms with Crippen LogP contribution in [0.5, 0.6) is 0 Å². The van der Waals surface area contributed by atoms with Gasteiger partial charge in [0.1, 0.15) is 0 Å². The number of thioether (sulfide) groups is 1. The van der Waals surface area contributed by atoms with Crippen LogP contribution < -0.4 is 0 Å². The summed E-state index contributed by atoms with van der Waals surface area (Å²) in [6, 6.07) is 8.81. The standard InChI is InChI=1S/C13H19NS/c1-3-8-14(2)10-12-9-11-6-4-5-7-13(11)15-12/h4-7,12H,3,8-10H2,1-2H3. The van der Waals surface area contributed by atoms with Gasteiger partial charge in [0, 0.05) is 16.7 Å². The third-order valence-corrected chi connectivity index (χ3v) is 4.14. The van der Waals surface area contributed by atoms with Crippen molar-refractivity contribution in [2.24, 2.45) is 0 Å². The molecule has 0 fully saturated rings. The first-order chi connectivity index (χ1) is 7.29. The SMILES string of the molecule is CCCN(C)CC1Cc2ccccc2S1. The number of rotatable bonds is 4. The maximum absolute atomic E-state index is 2.45. The molecule has 0 amide bonds. The molecule has 0 saturated heterocycles. The van der Waals surface area contributed by atoms with E-state index in [4.69, 9.17) is 0 Å². The summed E-state index contributed by atoms with van der Waals surface area (Å²) >= 11 is 2.05. The Hall–Kier alpha value is -0.470. The lowest BCUT2D eigenvalue weighted by Crippen LogP contribution is -2.27. The molecule has 15 heavy (non-hydrogen) atoms. The zero-order chi connectivity index (χ0) is 10.7. The highest BCUT2D eigenvalue weighted by Gasteiger charge is 2.22. The lowest BCUT2D eigenvalue weighted by Gasteiger charge is -2.19. The minimum atomic E-state index is 0.763. The first-order valence-electron chi connectivity index (χ1n) is 5.72. The van der Waals surface area contributed by atoms with Gasteiger partial charge < -0.3 is 4.90 Å². The average molecular weight is 221 g/mol. The summed E-state index contributed by atoms with van der Waals surface area (Å²) in [7, 11) is 2.23. The Morgan fingerprint density at radius 2 is 2.20 bits per heavy atom. The summed E-state index contributed by atoms with van der Waals surface area (Å²) in [5, 5.41) is 0.763. The molecule has 0 N–H and O–H groups in total. The van der Waals surface area contributed by atoms with Crippen LogP contribution in [0.15, 0.2) is 29.2 Å². The van der Waals surface area contributed by atoms with Gasteiger partial charge in [-0.15, -0.1) is 11.8 Å². The summed E-state index contributed by atoms with van der Waals surface area (Å²) in [5.74, 6) is 0. The van der Waals surface area contributed by atoms with Crippen molar-refractivity contribution in [2.75, 3.05) is 20.1 Å². The van der Waals surface area contributed by atoms with Crippen LogP contribution in [-0.2, 0) is 6.42 Å². The first-order valence-corrected chi connectivity index (χ1v) is 6.60. The van der Waals surface area contributed by atoms with Crippen LogP contribution in [0.4, 0.5) is 0 Å². The second kappa shape index (κ2) is 5.04. The molecule has 1 atom stereocenters. The highest BCUT2D eigenvalue weighted by atomic mass is 32.2. The zero-order valence-electron chi connectivity index (χ0n) is 9.57. The molecule has 0 bridgehead atoms. The molecule has 2 rings (SSSR count). The van der Waals surface area contributed by atoms with E-state index in [9.17, 15) is 0 Å². The molecule has 82 valence electrons. The first kappa shape index (κ1) is 11.0. The van der Waals surface area contributed by atoms with E-state index >= 15 is 0 Å². The van der Waals surface area contributed by atoms with Crippen LogP contribution in [0.2, 0.25) is 0 Å². The van der Waals surface area contributed by atoms with Gasteiger partial charge in [0.15, 0.2) is 0 Å². The van der Waals surface area contributed by atoms with Crippen molar-refractivity contribution in [2.45, 2.75) is 29.9 Å². The van der Waals surface area contributed by atoms with E-state index in [1.165, 1.54) is 36.4 Å². The fraction of sp³-hybridized carbons (Fsp3) is 0.538. The summed E-state index contributed by atoms with van der Waals surface area (Å²) in [6.07, 6.45) is 2.50. The molecule has 0 spiro atoms. The quantitative estimate of drug-likeness (QED) is 0.769. The van der Waals surface area contributed by atoms with Crippen LogP contribution >= 0.6 is 11.8 Å². The van der Waals surface area contributed by atoms with Crippen molar-refractivity contribution in [3.63, 3.8) is 0 Å². The van der Waals surface area contributed by atoms with E-state index in [0.717, 1.165) is 5.25 Å². The molecule has 1 unspecified atom stereocenters. The summed E-state index contributed by atoms with van der Waals surface area (Å²) in [6.45, 7) is 4.67. The number of hydrogen-bond acceptors (Lipinski definition) is 2. The zero-order valence-corrected chi connectivity index (χ0v) is 10.4. The molecule has 0 radical (unpaired) electrons. The second-order valence-electron chi connectivity index (χ2n) is 4.31. The van der Waals surface area contributed by atoms with Crippen molar-refractivity contribution in [1.82, 2.24) is 4.90 Å². The third-order valence-electron chi connectivity index (χ3n) is 2.83. The fourth-order valence-electron chi connectivity index (χ4n) is 2.18. The van der Waals surface area contributed by atoms with E-state index in [-0.39, 0.29) is 0 Å². The smallest absolute Gasteiger partial charge is 0.0263 e. The number of nitrogens with zero attached hydrogens (tertiary/aromatic N) is 1. The van der Waals surface area contributed by atoms with E-state index in [2.05, 4.69) is 43.1 Å². The van der Waals surface area contributed by atoms with Gasteiger partial charge in [-0.3, -0.25) is 0 Å². The highest BCUT2D eigenvalue weighted by Crippen LogP contribution is 2.36. The summed E-state index contributed by atoms with van der Waals surface area (Å²) < 4.78 is 0. The number of fused-ring (bicyclic) bond motifs is 1. The molecule has 2 heteroatoms. The fourth-order valence-corrected chi connectivity index (χ4v) is 3.59. The van der Waals surface area contributed by atoms with Gasteiger partial charge in [-0.1, -0.05) is 25.1 Å². The lowest BCUT2D eigenvalue weighted by atomic mass is 10.1. The monoisotopic (exact) mass is 221 g/mol. The van der Waals surface area contributed by atoms with Gasteiger partial charge in [-0.2, -0.15) is 0 Å². The molecule has 1 aliphatic rings. The summed E-state index contributed by atoms with van der Waals surface area (Å²) in [5.41, 5.74) is 1.54. The van der Waals surface area contributed by atoms with Gasteiger partial charge >= 0.3 is 0 Å². The predicted octanol–water partition coefficient (Wildman–Crippen LogP) is 3.05. The Bertz CT molecular complexity index is 299. The van der Waals surface area contributed by atoms with Gasteiger partial charge in [-0.25, -0.2) is 0 Å². The lowest BCUT2D eigenvalue weighted by molar-refractivity contribution is 0.335. The maximum Gasteiger partial charge on any atom is 0.0263 e. The van der Waals surface area contributed by atoms with E-state index in [0.29, 0.717) is 0 Å². The van der Waals surface area contributed by atoms with Crippen molar-refractivity contribution in [1.29, 1.82) is 0 Å². The molecule has 1 heterocycles. The Balaban J connectivity index is 1.90. The van der Waals surface area contributed by atoms with Crippen molar-refractivity contribution in [3.05, 3.63) is 29.8 Å². The number of benzene rings is 1. The van der Waals surface area contributed by atoms with Crippen molar-refractivity contribution in [3.8, 4) is 0 Å². The van der Waals surface area contributed by atoms with Crippen LogP contribution in [0.1, 0.15) is 18.9 Å². The molecular weight excluding hydrogens is 202 g/mol. The Kier molecular flexibility index (Phi) is 3.71. The Labute approximate surface area is 96.9 Å². The normalized spacial score (nSPS) is 19.5. The Morgan fingerprint density at radius 3 is 2.93 bits per heavy atom. The average Bonchev–Trinajstić information content (AvgIpc) is 2.59. The van der Waals surface area contributed by atoms with E-state index < -0.39 is 0 Å². The summed E-state index contributed by atoms with van der Waals surface area (Å²) in [4.78, 5) is 3.94. The molecule has 1 aliphatic heterocycles. The molecular formula is C13H19NS. The predicted molar refractivity (Wildman–Crippen MR) is 67.6 cm³/mol. The molecule has 1 aromatic rings.